The Morgan fingerprint density at radius 2 is 1.97 bits per heavy atom. The predicted octanol–water partition coefficient (Wildman–Crippen LogP) is 5.56. The topological polar surface area (TPSA) is 59.4 Å². The van der Waals surface area contributed by atoms with Crippen LogP contribution >= 0.6 is 0 Å². The molecule has 3 aliphatic rings. The number of hydrogen-bond donors (Lipinski definition) is 1. The van der Waals surface area contributed by atoms with Gasteiger partial charge in [0.1, 0.15) is 0 Å². The van der Waals surface area contributed by atoms with Gasteiger partial charge in [0.05, 0.1) is 12.0 Å². The van der Waals surface area contributed by atoms with E-state index in [2.05, 4.69) is 26.8 Å². The molecule has 178 valence electrons. The van der Waals surface area contributed by atoms with Gasteiger partial charge >= 0.3 is 5.97 Å². The lowest BCUT2D eigenvalue weighted by Crippen LogP contribution is -2.53. The molecule has 0 unspecified atom stereocenters. The summed E-state index contributed by atoms with van der Waals surface area (Å²) in [5.41, 5.74) is 2.31. The fourth-order valence-corrected chi connectivity index (χ4v) is 7.48. The molecule has 3 aliphatic carbocycles. The first-order chi connectivity index (χ1) is 15.0. The third kappa shape index (κ3) is 3.91. The second-order valence-corrected chi connectivity index (χ2v) is 12.7. The Balaban J connectivity index is 1.60. The number of aromatic nitrogens is 1. The Kier molecular flexibility index (Phi) is 6.24. The largest absolute Gasteiger partial charge is 0.465 e. The van der Waals surface area contributed by atoms with Gasteiger partial charge in [0.15, 0.2) is 0 Å². The van der Waals surface area contributed by atoms with Crippen molar-refractivity contribution < 1.29 is 14.6 Å². The van der Waals surface area contributed by atoms with Crippen LogP contribution in [0.5, 0.6) is 0 Å². The van der Waals surface area contributed by atoms with Crippen LogP contribution < -0.4 is 0 Å². The Hall–Kier alpha value is -1.42. The molecule has 1 aromatic heterocycles. The summed E-state index contributed by atoms with van der Waals surface area (Å²) in [7, 11) is 0. The van der Waals surface area contributed by atoms with E-state index >= 15 is 0 Å². The van der Waals surface area contributed by atoms with Crippen LogP contribution in [0.1, 0.15) is 84.9 Å². The Morgan fingerprint density at radius 1 is 1.22 bits per heavy atom. The van der Waals surface area contributed by atoms with Crippen LogP contribution in [-0.2, 0) is 21.4 Å². The first kappa shape index (κ1) is 23.7. The van der Waals surface area contributed by atoms with Gasteiger partial charge in [-0.1, -0.05) is 33.3 Å². The molecule has 0 aromatic carbocycles. The molecule has 0 bridgehead atoms. The van der Waals surface area contributed by atoms with Crippen LogP contribution in [0.15, 0.2) is 18.3 Å². The van der Waals surface area contributed by atoms with Crippen molar-refractivity contribution in [3.63, 3.8) is 0 Å². The lowest BCUT2D eigenvalue weighted by molar-refractivity contribution is -0.160. The van der Waals surface area contributed by atoms with E-state index < -0.39 is 5.41 Å². The second kappa shape index (κ2) is 8.42. The minimum Gasteiger partial charge on any atom is -0.465 e. The first-order valence-corrected chi connectivity index (χ1v) is 12.7. The van der Waals surface area contributed by atoms with Gasteiger partial charge in [-0.25, -0.2) is 0 Å². The number of hydrogen-bond acceptors (Lipinski definition) is 4. The molecule has 0 spiro atoms. The minimum absolute atomic E-state index is 0.0625. The van der Waals surface area contributed by atoms with Gasteiger partial charge in [-0.3, -0.25) is 9.78 Å². The fraction of sp³-hybridized carbons (Fsp3) is 0.786. The van der Waals surface area contributed by atoms with E-state index in [-0.39, 0.29) is 29.3 Å². The van der Waals surface area contributed by atoms with E-state index in [1.807, 2.05) is 33.0 Å². The number of carbonyl (C=O) groups is 1. The molecule has 4 heteroatoms. The van der Waals surface area contributed by atoms with Crippen LogP contribution in [0.4, 0.5) is 0 Å². The summed E-state index contributed by atoms with van der Waals surface area (Å²) in [5, 5.41) is 10.7. The Morgan fingerprint density at radius 3 is 2.66 bits per heavy atom. The quantitative estimate of drug-likeness (QED) is 0.621. The van der Waals surface area contributed by atoms with Crippen molar-refractivity contribution >= 4 is 5.97 Å². The molecule has 2 fully saturated rings. The zero-order valence-electron chi connectivity index (χ0n) is 21.0. The van der Waals surface area contributed by atoms with Crippen LogP contribution in [0, 0.1) is 40.4 Å². The zero-order chi connectivity index (χ0) is 23.3. The maximum Gasteiger partial charge on any atom is 0.311 e. The highest BCUT2D eigenvalue weighted by molar-refractivity contribution is 5.75. The highest BCUT2D eigenvalue weighted by Crippen LogP contribution is 2.61. The molecular weight excluding hydrogens is 398 g/mol. The van der Waals surface area contributed by atoms with E-state index in [4.69, 9.17) is 9.72 Å². The van der Waals surface area contributed by atoms with Crippen molar-refractivity contribution in [2.45, 2.75) is 85.5 Å². The monoisotopic (exact) mass is 441 g/mol. The van der Waals surface area contributed by atoms with Crippen LogP contribution in [0.2, 0.25) is 0 Å². The number of nitrogens with zero attached hydrogens (tertiary/aromatic N) is 1. The highest BCUT2D eigenvalue weighted by atomic mass is 16.5. The smallest absolute Gasteiger partial charge is 0.311 e. The first-order valence-electron chi connectivity index (χ1n) is 12.7. The third-order valence-corrected chi connectivity index (χ3v) is 9.58. The SMILES string of the molecule is C[C@H]1CC[C@](C)([C@H]2CC[C@]3(C)c4ncccc4C[C@H]3[C@@H]2CO)[C@@H](COC(=O)C(C)(C)C)C1. The van der Waals surface area contributed by atoms with Crippen LogP contribution in [0.25, 0.3) is 0 Å². The van der Waals surface area contributed by atoms with E-state index in [9.17, 15) is 9.90 Å². The summed E-state index contributed by atoms with van der Waals surface area (Å²) >= 11 is 0. The van der Waals surface area contributed by atoms with Gasteiger partial charge in [-0.2, -0.15) is 0 Å². The summed E-state index contributed by atoms with van der Waals surface area (Å²) in [5.74, 6) is 2.05. The number of aliphatic hydroxyl groups is 1. The highest BCUT2D eigenvalue weighted by Gasteiger charge is 2.57. The lowest BCUT2D eigenvalue weighted by Gasteiger charge is -2.56. The average Bonchev–Trinajstić information content (AvgIpc) is 3.05. The average molecular weight is 442 g/mol. The molecule has 32 heavy (non-hydrogen) atoms. The molecular formula is C28H43NO3. The number of aliphatic hydroxyl groups excluding tert-OH is 1. The maximum absolute atomic E-state index is 12.5. The van der Waals surface area contributed by atoms with Gasteiger partial charge in [0.25, 0.3) is 0 Å². The molecule has 0 saturated heterocycles. The predicted molar refractivity (Wildman–Crippen MR) is 127 cm³/mol. The van der Waals surface area contributed by atoms with E-state index in [0.29, 0.717) is 30.3 Å². The number of esters is 1. The summed E-state index contributed by atoms with van der Waals surface area (Å²) in [4.78, 5) is 17.3. The zero-order valence-corrected chi connectivity index (χ0v) is 21.0. The molecule has 4 nitrogen and oxygen atoms in total. The molecule has 0 radical (unpaired) electrons. The maximum atomic E-state index is 12.5. The Labute approximate surface area is 194 Å². The minimum atomic E-state index is -0.473. The third-order valence-electron chi connectivity index (χ3n) is 9.58. The number of carbonyl (C=O) groups excluding carboxylic acids is 1. The molecule has 1 heterocycles. The van der Waals surface area contributed by atoms with Crippen molar-refractivity contribution in [1.82, 2.24) is 4.98 Å². The van der Waals surface area contributed by atoms with Crippen molar-refractivity contribution in [2.24, 2.45) is 40.4 Å². The van der Waals surface area contributed by atoms with Crippen LogP contribution in [-0.4, -0.2) is 29.3 Å². The van der Waals surface area contributed by atoms with Crippen molar-refractivity contribution in [1.29, 1.82) is 0 Å². The second-order valence-electron chi connectivity index (χ2n) is 12.7. The molecule has 7 atom stereocenters. The van der Waals surface area contributed by atoms with Gasteiger partial charge in [0.2, 0.25) is 0 Å². The number of ether oxygens (including phenoxy) is 1. The molecule has 4 rings (SSSR count). The summed E-state index contributed by atoms with van der Waals surface area (Å²) in [6.45, 7) is 13.7. The molecule has 0 amide bonds. The van der Waals surface area contributed by atoms with E-state index in [0.717, 1.165) is 32.1 Å². The number of pyridine rings is 1. The van der Waals surface area contributed by atoms with Crippen LogP contribution in [0.3, 0.4) is 0 Å². The van der Waals surface area contributed by atoms with Crippen molar-refractivity contribution in [3.05, 3.63) is 29.6 Å². The molecule has 1 N–H and O–H groups in total. The van der Waals surface area contributed by atoms with E-state index in [1.54, 1.807) is 0 Å². The van der Waals surface area contributed by atoms with Gasteiger partial charge in [-0.15, -0.1) is 0 Å². The molecule has 2 saturated carbocycles. The molecule has 0 aliphatic heterocycles. The standard InChI is InChI=1S/C28H43NO3/c1-18-9-11-27(5,20(14-18)17-32-25(31)26(2,3)4)22-10-12-28(6)23(21(22)16-30)15-19-8-7-13-29-24(19)28/h7-8,13,18,20-23,30H,9-12,14-17H2,1-6H3/t18-,20+,21+,22-,23-,27-,28-/m0/s1. The number of fused-ring (bicyclic) bond motifs is 3. The van der Waals surface area contributed by atoms with E-state index in [1.165, 1.54) is 17.7 Å². The van der Waals surface area contributed by atoms with Crippen molar-refractivity contribution in [3.8, 4) is 0 Å². The normalized spacial score (nSPS) is 39.3. The van der Waals surface area contributed by atoms with Crippen molar-refractivity contribution in [2.75, 3.05) is 13.2 Å². The van der Waals surface area contributed by atoms with Gasteiger partial charge < -0.3 is 9.84 Å². The summed E-state index contributed by atoms with van der Waals surface area (Å²) in [6.07, 6.45) is 8.67. The summed E-state index contributed by atoms with van der Waals surface area (Å²) in [6, 6.07) is 4.28. The van der Waals surface area contributed by atoms with Gasteiger partial charge in [-0.05, 0) is 99.5 Å². The fourth-order valence-electron chi connectivity index (χ4n) is 7.48. The summed E-state index contributed by atoms with van der Waals surface area (Å²) < 4.78 is 5.90. The van der Waals surface area contributed by atoms with Gasteiger partial charge in [0, 0.05) is 23.9 Å². The lowest BCUT2D eigenvalue weighted by atomic mass is 9.49. The number of rotatable bonds is 4. The molecule has 1 aromatic rings. The Bertz CT molecular complexity index is 845.